The van der Waals surface area contributed by atoms with Crippen LogP contribution in [0.2, 0.25) is 0 Å². The highest BCUT2D eigenvalue weighted by Gasteiger charge is 2.22. The number of halogens is 2. The number of hydrogen-bond donors (Lipinski definition) is 3. The van der Waals surface area contributed by atoms with E-state index in [-0.39, 0.29) is 36.6 Å². The SMILES string of the molecule is CN1CCC(Nc2ccccc2NC(=O)C2CCNCC2)CC1.Cl.Cl. The van der Waals surface area contributed by atoms with E-state index in [1.165, 1.54) is 0 Å². The molecule has 2 heterocycles. The van der Waals surface area contributed by atoms with E-state index in [1.807, 2.05) is 18.2 Å². The molecule has 7 heteroatoms. The quantitative estimate of drug-likeness (QED) is 0.741. The number of piperidine rings is 2. The molecule has 0 atom stereocenters. The number of carbonyl (C=O) groups is 1. The second-order valence-corrected chi connectivity index (χ2v) is 6.78. The van der Waals surface area contributed by atoms with Gasteiger partial charge in [0.2, 0.25) is 5.91 Å². The van der Waals surface area contributed by atoms with Crippen LogP contribution in [-0.2, 0) is 4.79 Å². The van der Waals surface area contributed by atoms with Crippen molar-refractivity contribution in [1.82, 2.24) is 10.2 Å². The minimum absolute atomic E-state index is 0. The van der Waals surface area contributed by atoms with E-state index in [2.05, 4.69) is 34.0 Å². The van der Waals surface area contributed by atoms with Gasteiger partial charge in [-0.05, 0) is 71.0 Å². The summed E-state index contributed by atoms with van der Waals surface area (Å²) >= 11 is 0. The van der Waals surface area contributed by atoms with Gasteiger partial charge in [-0.2, -0.15) is 0 Å². The lowest BCUT2D eigenvalue weighted by atomic mass is 9.97. The van der Waals surface area contributed by atoms with Crippen molar-refractivity contribution >= 4 is 42.1 Å². The number of nitrogens with one attached hydrogen (secondary N) is 3. The minimum Gasteiger partial charge on any atom is -0.381 e. The Morgan fingerprint density at radius 3 is 2.28 bits per heavy atom. The first-order valence-corrected chi connectivity index (χ1v) is 8.78. The predicted octanol–water partition coefficient (Wildman–Crippen LogP) is 2.97. The topological polar surface area (TPSA) is 56.4 Å². The first kappa shape index (κ1) is 22.0. The molecule has 0 saturated carbocycles. The molecule has 2 aliphatic heterocycles. The molecule has 2 aliphatic rings. The summed E-state index contributed by atoms with van der Waals surface area (Å²) in [5.41, 5.74) is 1.96. The third kappa shape index (κ3) is 6.33. The average Bonchev–Trinajstić information content (AvgIpc) is 2.59. The Labute approximate surface area is 163 Å². The minimum atomic E-state index is 0. The van der Waals surface area contributed by atoms with Gasteiger partial charge in [0, 0.05) is 12.0 Å². The lowest BCUT2D eigenvalue weighted by molar-refractivity contribution is -0.120. The van der Waals surface area contributed by atoms with Crippen molar-refractivity contribution < 1.29 is 4.79 Å². The normalized spacial score (nSPS) is 19.4. The van der Waals surface area contributed by atoms with Crippen LogP contribution in [0.4, 0.5) is 11.4 Å². The molecular formula is C18H30Cl2N4O. The zero-order chi connectivity index (χ0) is 16.1. The summed E-state index contributed by atoms with van der Waals surface area (Å²) in [4.78, 5) is 14.8. The number of hydrogen-bond acceptors (Lipinski definition) is 4. The van der Waals surface area contributed by atoms with Crippen LogP contribution in [0, 0.1) is 5.92 Å². The number of amides is 1. The van der Waals surface area contributed by atoms with E-state index in [0.29, 0.717) is 6.04 Å². The highest BCUT2D eigenvalue weighted by atomic mass is 35.5. The first-order valence-electron chi connectivity index (χ1n) is 8.78. The number of nitrogens with zero attached hydrogens (tertiary/aromatic N) is 1. The fourth-order valence-electron chi connectivity index (χ4n) is 3.41. The summed E-state index contributed by atoms with van der Waals surface area (Å²) in [6, 6.07) is 8.56. The number of para-hydroxylation sites is 2. The molecule has 1 aromatic rings. The Kier molecular flexibility index (Phi) is 9.57. The molecule has 25 heavy (non-hydrogen) atoms. The van der Waals surface area contributed by atoms with E-state index in [4.69, 9.17) is 0 Å². The highest BCUT2D eigenvalue weighted by Crippen LogP contribution is 2.25. The van der Waals surface area contributed by atoms with Crippen LogP contribution in [0.25, 0.3) is 0 Å². The molecule has 0 bridgehead atoms. The summed E-state index contributed by atoms with van der Waals surface area (Å²) < 4.78 is 0. The monoisotopic (exact) mass is 388 g/mol. The molecule has 3 N–H and O–H groups in total. The molecule has 3 rings (SSSR count). The van der Waals surface area contributed by atoms with Crippen LogP contribution in [-0.4, -0.2) is 50.1 Å². The smallest absolute Gasteiger partial charge is 0.227 e. The van der Waals surface area contributed by atoms with Crippen molar-refractivity contribution in [2.24, 2.45) is 5.92 Å². The average molecular weight is 389 g/mol. The Bertz CT molecular complexity index is 530. The molecule has 1 amide bonds. The largest absolute Gasteiger partial charge is 0.381 e. The van der Waals surface area contributed by atoms with Crippen LogP contribution in [0.5, 0.6) is 0 Å². The zero-order valence-electron chi connectivity index (χ0n) is 14.8. The molecule has 0 spiro atoms. The van der Waals surface area contributed by atoms with Gasteiger partial charge in [-0.15, -0.1) is 24.8 Å². The third-order valence-corrected chi connectivity index (χ3v) is 4.97. The number of likely N-dealkylation sites (tertiary alicyclic amines) is 1. The van der Waals surface area contributed by atoms with Gasteiger partial charge >= 0.3 is 0 Å². The van der Waals surface area contributed by atoms with Crippen LogP contribution in [0.1, 0.15) is 25.7 Å². The third-order valence-electron chi connectivity index (χ3n) is 4.97. The molecule has 5 nitrogen and oxygen atoms in total. The molecule has 1 aromatic carbocycles. The summed E-state index contributed by atoms with van der Waals surface area (Å²) in [5, 5.41) is 10.1. The van der Waals surface area contributed by atoms with Crippen LogP contribution < -0.4 is 16.0 Å². The number of anilines is 2. The summed E-state index contributed by atoms with van der Waals surface area (Å²) in [5.74, 6) is 0.289. The molecule has 0 aliphatic carbocycles. The summed E-state index contributed by atoms with van der Waals surface area (Å²) in [7, 11) is 2.17. The van der Waals surface area contributed by atoms with Gasteiger partial charge < -0.3 is 20.9 Å². The summed E-state index contributed by atoms with van der Waals surface area (Å²) in [6.07, 6.45) is 4.15. The number of rotatable bonds is 4. The maximum atomic E-state index is 12.5. The van der Waals surface area contributed by atoms with Crippen molar-refractivity contribution in [1.29, 1.82) is 0 Å². The molecule has 0 unspecified atom stereocenters. The Balaban J connectivity index is 0.00000156. The van der Waals surface area contributed by atoms with E-state index >= 15 is 0 Å². The molecule has 2 saturated heterocycles. The second kappa shape index (κ2) is 10.9. The van der Waals surface area contributed by atoms with Crippen molar-refractivity contribution in [3.05, 3.63) is 24.3 Å². The molecule has 142 valence electrons. The van der Waals surface area contributed by atoms with Crippen LogP contribution in [0.3, 0.4) is 0 Å². The van der Waals surface area contributed by atoms with Gasteiger partial charge in [0.25, 0.3) is 0 Å². The number of carbonyl (C=O) groups excluding carboxylic acids is 1. The fraction of sp³-hybridized carbons (Fsp3) is 0.611. The summed E-state index contributed by atoms with van der Waals surface area (Å²) in [6.45, 7) is 4.13. The second-order valence-electron chi connectivity index (χ2n) is 6.78. The Morgan fingerprint density at radius 1 is 1.04 bits per heavy atom. The molecular weight excluding hydrogens is 359 g/mol. The molecule has 0 aromatic heterocycles. The van der Waals surface area contributed by atoms with Crippen LogP contribution >= 0.6 is 24.8 Å². The van der Waals surface area contributed by atoms with E-state index in [0.717, 1.165) is 63.2 Å². The highest BCUT2D eigenvalue weighted by molar-refractivity contribution is 5.95. The lowest BCUT2D eigenvalue weighted by Crippen LogP contribution is -2.37. The van der Waals surface area contributed by atoms with Gasteiger partial charge in [0.15, 0.2) is 0 Å². The van der Waals surface area contributed by atoms with E-state index in [1.54, 1.807) is 0 Å². The van der Waals surface area contributed by atoms with Crippen molar-refractivity contribution in [3.63, 3.8) is 0 Å². The Hall–Kier alpha value is -1.01. The predicted molar refractivity (Wildman–Crippen MR) is 109 cm³/mol. The van der Waals surface area contributed by atoms with Gasteiger partial charge in [-0.25, -0.2) is 0 Å². The van der Waals surface area contributed by atoms with Gasteiger partial charge in [0.1, 0.15) is 0 Å². The number of benzene rings is 1. The zero-order valence-corrected chi connectivity index (χ0v) is 16.4. The van der Waals surface area contributed by atoms with Crippen molar-refractivity contribution in [2.45, 2.75) is 31.7 Å². The van der Waals surface area contributed by atoms with E-state index < -0.39 is 0 Å². The standard InChI is InChI=1S/C18H28N4O.2ClH/c1-22-12-8-15(9-13-22)20-16-4-2-3-5-17(16)21-18(23)14-6-10-19-11-7-14;;/h2-5,14-15,19-20H,6-13H2,1H3,(H,21,23);2*1H. The van der Waals surface area contributed by atoms with Gasteiger partial charge in [-0.1, -0.05) is 12.1 Å². The van der Waals surface area contributed by atoms with Gasteiger partial charge in [-0.3, -0.25) is 4.79 Å². The fourth-order valence-corrected chi connectivity index (χ4v) is 3.41. The Morgan fingerprint density at radius 2 is 1.64 bits per heavy atom. The van der Waals surface area contributed by atoms with Gasteiger partial charge in [0.05, 0.1) is 11.4 Å². The maximum absolute atomic E-state index is 12.5. The first-order chi connectivity index (χ1) is 11.2. The van der Waals surface area contributed by atoms with Crippen molar-refractivity contribution in [3.8, 4) is 0 Å². The van der Waals surface area contributed by atoms with E-state index in [9.17, 15) is 4.79 Å². The van der Waals surface area contributed by atoms with Crippen LogP contribution in [0.15, 0.2) is 24.3 Å². The maximum Gasteiger partial charge on any atom is 0.227 e. The van der Waals surface area contributed by atoms with Crippen molar-refractivity contribution in [2.75, 3.05) is 43.9 Å². The lowest BCUT2D eigenvalue weighted by Gasteiger charge is -2.31. The molecule has 0 radical (unpaired) electrons. The molecule has 2 fully saturated rings.